The molecule has 1 heterocycles. The number of ether oxygens (including phenoxy) is 2. The minimum Gasteiger partial charge on any atom is -0.491 e. The molecule has 1 aromatic carbocycles. The van der Waals surface area contributed by atoms with Crippen LogP contribution in [0.1, 0.15) is 27.2 Å². The van der Waals surface area contributed by atoms with Crippen molar-refractivity contribution in [3.05, 3.63) is 24.3 Å². The van der Waals surface area contributed by atoms with E-state index in [0.29, 0.717) is 37.7 Å². The SMILES string of the molecule is CC[C@H](C)Oc1cccc(NC(=O)N[C@@H](C)C(=O)N2CCOCC2)c1. The maximum Gasteiger partial charge on any atom is 0.319 e. The molecule has 2 N–H and O–H groups in total. The Labute approximate surface area is 148 Å². The molecule has 0 saturated carbocycles. The summed E-state index contributed by atoms with van der Waals surface area (Å²) in [6, 6.07) is 6.18. The lowest BCUT2D eigenvalue weighted by Crippen LogP contribution is -2.51. The number of carbonyl (C=O) groups excluding carboxylic acids is 2. The highest BCUT2D eigenvalue weighted by molar-refractivity contribution is 5.93. The van der Waals surface area contributed by atoms with Crippen molar-refractivity contribution in [1.82, 2.24) is 10.2 Å². The van der Waals surface area contributed by atoms with Crippen molar-refractivity contribution in [3.8, 4) is 5.75 Å². The second-order valence-corrected chi connectivity index (χ2v) is 6.12. The van der Waals surface area contributed by atoms with E-state index in [1.807, 2.05) is 26.0 Å². The molecule has 2 rings (SSSR count). The van der Waals surface area contributed by atoms with Gasteiger partial charge in [-0.3, -0.25) is 4.79 Å². The Kier molecular flexibility index (Phi) is 7.06. The third-order valence-corrected chi connectivity index (χ3v) is 4.04. The van der Waals surface area contributed by atoms with Crippen LogP contribution in [-0.4, -0.2) is 55.3 Å². The van der Waals surface area contributed by atoms with E-state index in [1.165, 1.54) is 0 Å². The Balaban J connectivity index is 1.86. The van der Waals surface area contributed by atoms with Gasteiger partial charge in [-0.2, -0.15) is 0 Å². The van der Waals surface area contributed by atoms with Crippen LogP contribution in [0.2, 0.25) is 0 Å². The van der Waals surface area contributed by atoms with E-state index in [4.69, 9.17) is 9.47 Å². The number of anilines is 1. The van der Waals surface area contributed by atoms with Gasteiger partial charge in [0.05, 0.1) is 19.3 Å². The van der Waals surface area contributed by atoms with Gasteiger partial charge in [0.15, 0.2) is 0 Å². The average molecular weight is 349 g/mol. The molecular formula is C18H27N3O4. The summed E-state index contributed by atoms with van der Waals surface area (Å²) in [6.45, 7) is 7.91. The van der Waals surface area contributed by atoms with Crippen LogP contribution in [0.5, 0.6) is 5.75 Å². The van der Waals surface area contributed by atoms with Crippen molar-refractivity contribution >= 4 is 17.6 Å². The standard InChI is InChI=1S/C18H27N3O4/c1-4-13(2)25-16-7-5-6-15(12-16)20-18(23)19-14(3)17(22)21-8-10-24-11-9-21/h5-7,12-14H,4,8-11H2,1-3H3,(H2,19,20,23)/t13-,14-/m0/s1. The fourth-order valence-electron chi connectivity index (χ4n) is 2.45. The average Bonchev–Trinajstić information content (AvgIpc) is 2.61. The number of hydrogen-bond donors (Lipinski definition) is 2. The number of urea groups is 1. The zero-order valence-corrected chi connectivity index (χ0v) is 15.1. The number of carbonyl (C=O) groups is 2. The van der Waals surface area contributed by atoms with Crippen LogP contribution in [0.3, 0.4) is 0 Å². The summed E-state index contributed by atoms with van der Waals surface area (Å²) in [7, 11) is 0. The van der Waals surface area contributed by atoms with E-state index in [9.17, 15) is 9.59 Å². The number of rotatable bonds is 6. The number of hydrogen-bond acceptors (Lipinski definition) is 4. The van der Waals surface area contributed by atoms with Crippen LogP contribution in [0.25, 0.3) is 0 Å². The normalized spacial score (nSPS) is 16.7. The Hall–Kier alpha value is -2.28. The van der Waals surface area contributed by atoms with Gasteiger partial charge in [-0.05, 0) is 32.4 Å². The molecule has 0 aliphatic carbocycles. The first-order valence-electron chi connectivity index (χ1n) is 8.70. The highest BCUT2D eigenvalue weighted by Crippen LogP contribution is 2.19. The monoisotopic (exact) mass is 349 g/mol. The predicted molar refractivity (Wildman–Crippen MR) is 95.8 cm³/mol. The lowest BCUT2D eigenvalue weighted by molar-refractivity contribution is -0.136. The van der Waals surface area contributed by atoms with Crippen LogP contribution >= 0.6 is 0 Å². The zero-order valence-electron chi connectivity index (χ0n) is 15.1. The molecule has 3 amide bonds. The first-order chi connectivity index (χ1) is 12.0. The largest absolute Gasteiger partial charge is 0.491 e. The lowest BCUT2D eigenvalue weighted by atomic mass is 10.2. The van der Waals surface area contributed by atoms with Crippen LogP contribution in [0.4, 0.5) is 10.5 Å². The molecule has 7 nitrogen and oxygen atoms in total. The maximum atomic E-state index is 12.3. The van der Waals surface area contributed by atoms with Gasteiger partial charge in [0.1, 0.15) is 11.8 Å². The fraction of sp³-hybridized carbons (Fsp3) is 0.556. The molecule has 0 aromatic heterocycles. The van der Waals surface area contributed by atoms with Gasteiger partial charge < -0.3 is 25.0 Å². The fourth-order valence-corrected chi connectivity index (χ4v) is 2.45. The summed E-state index contributed by atoms with van der Waals surface area (Å²) in [6.07, 6.45) is 1.01. The Bertz CT molecular complexity index is 587. The van der Waals surface area contributed by atoms with Crippen molar-refractivity contribution < 1.29 is 19.1 Å². The number of amides is 3. The molecular weight excluding hydrogens is 322 g/mol. The Morgan fingerprint density at radius 3 is 2.68 bits per heavy atom. The molecule has 1 aliphatic heterocycles. The summed E-state index contributed by atoms with van der Waals surface area (Å²) in [5.41, 5.74) is 0.615. The van der Waals surface area contributed by atoms with Crippen LogP contribution in [0, 0.1) is 0 Å². The first-order valence-corrected chi connectivity index (χ1v) is 8.70. The van der Waals surface area contributed by atoms with Gasteiger partial charge in [-0.15, -0.1) is 0 Å². The highest BCUT2D eigenvalue weighted by atomic mass is 16.5. The van der Waals surface area contributed by atoms with E-state index in [0.717, 1.165) is 6.42 Å². The quantitative estimate of drug-likeness (QED) is 0.825. The summed E-state index contributed by atoms with van der Waals surface area (Å²) in [5.74, 6) is 0.594. The van der Waals surface area contributed by atoms with Gasteiger partial charge in [0.2, 0.25) is 5.91 Å². The second-order valence-electron chi connectivity index (χ2n) is 6.12. The van der Waals surface area contributed by atoms with E-state index in [1.54, 1.807) is 24.0 Å². The minimum absolute atomic E-state index is 0.104. The molecule has 25 heavy (non-hydrogen) atoms. The summed E-state index contributed by atoms with van der Waals surface area (Å²) < 4.78 is 11.0. The van der Waals surface area contributed by atoms with Gasteiger partial charge in [0.25, 0.3) is 0 Å². The molecule has 138 valence electrons. The summed E-state index contributed by atoms with van der Waals surface area (Å²) >= 11 is 0. The molecule has 0 unspecified atom stereocenters. The molecule has 0 spiro atoms. The van der Waals surface area contributed by atoms with Crippen molar-refractivity contribution in [2.75, 3.05) is 31.6 Å². The van der Waals surface area contributed by atoms with Gasteiger partial charge in [-0.25, -0.2) is 4.79 Å². The number of morpholine rings is 1. The topological polar surface area (TPSA) is 79.9 Å². The zero-order chi connectivity index (χ0) is 18.2. The van der Waals surface area contributed by atoms with Crippen molar-refractivity contribution in [1.29, 1.82) is 0 Å². The van der Waals surface area contributed by atoms with Gasteiger partial charge in [0, 0.05) is 24.8 Å². The minimum atomic E-state index is -0.599. The molecule has 1 fully saturated rings. The van der Waals surface area contributed by atoms with Crippen LogP contribution in [-0.2, 0) is 9.53 Å². The van der Waals surface area contributed by atoms with Crippen LogP contribution in [0.15, 0.2) is 24.3 Å². The van der Waals surface area contributed by atoms with E-state index in [2.05, 4.69) is 10.6 Å². The van der Waals surface area contributed by atoms with Crippen molar-refractivity contribution in [2.45, 2.75) is 39.3 Å². The molecule has 0 bridgehead atoms. The molecule has 0 radical (unpaired) electrons. The number of benzene rings is 1. The molecule has 2 atom stereocenters. The third-order valence-electron chi connectivity index (χ3n) is 4.04. The van der Waals surface area contributed by atoms with Crippen molar-refractivity contribution in [2.24, 2.45) is 0 Å². The van der Waals surface area contributed by atoms with E-state index >= 15 is 0 Å². The van der Waals surface area contributed by atoms with Crippen molar-refractivity contribution in [3.63, 3.8) is 0 Å². The maximum absolute atomic E-state index is 12.3. The second kappa shape index (κ2) is 9.27. The van der Waals surface area contributed by atoms with Gasteiger partial charge in [-0.1, -0.05) is 13.0 Å². The van der Waals surface area contributed by atoms with E-state index in [-0.39, 0.29) is 12.0 Å². The molecule has 1 saturated heterocycles. The lowest BCUT2D eigenvalue weighted by Gasteiger charge is -2.29. The van der Waals surface area contributed by atoms with E-state index < -0.39 is 12.1 Å². The summed E-state index contributed by atoms with van der Waals surface area (Å²) in [5, 5.41) is 5.41. The van der Waals surface area contributed by atoms with Crippen LogP contribution < -0.4 is 15.4 Å². The molecule has 7 heteroatoms. The highest BCUT2D eigenvalue weighted by Gasteiger charge is 2.23. The third kappa shape index (κ3) is 5.94. The summed E-state index contributed by atoms with van der Waals surface area (Å²) in [4.78, 5) is 26.1. The molecule has 1 aliphatic rings. The number of nitrogens with one attached hydrogen (secondary N) is 2. The Morgan fingerprint density at radius 2 is 2.00 bits per heavy atom. The van der Waals surface area contributed by atoms with Gasteiger partial charge >= 0.3 is 6.03 Å². The Morgan fingerprint density at radius 1 is 1.28 bits per heavy atom. The smallest absolute Gasteiger partial charge is 0.319 e. The molecule has 1 aromatic rings. The first kappa shape index (κ1) is 19.1. The number of nitrogens with zero attached hydrogens (tertiary/aromatic N) is 1. The predicted octanol–water partition coefficient (Wildman–Crippen LogP) is 2.23.